The van der Waals surface area contributed by atoms with Gasteiger partial charge in [-0.2, -0.15) is 5.26 Å². The molecule has 0 fully saturated rings. The molecule has 0 bridgehead atoms. The summed E-state index contributed by atoms with van der Waals surface area (Å²) in [6.07, 6.45) is 0. The average molecular weight is 126 g/mol. The van der Waals surface area contributed by atoms with E-state index in [1.165, 1.54) is 0 Å². The van der Waals surface area contributed by atoms with Crippen molar-refractivity contribution in [2.45, 2.75) is 39.3 Å². The van der Waals surface area contributed by atoms with Gasteiger partial charge in [0, 0.05) is 5.54 Å². The molecule has 9 heavy (non-hydrogen) atoms. The quantitative estimate of drug-likeness (QED) is 0.574. The molecule has 1 unspecified atom stereocenters. The Balaban J connectivity index is 3.63. The van der Waals surface area contributed by atoms with E-state index < -0.39 is 0 Å². The SMILES string of the molecule is CC(C#N)NC(C)(C)C. The third-order valence-corrected chi connectivity index (χ3v) is 0.843. The Labute approximate surface area is 56.9 Å². The molecule has 0 aromatic rings. The second kappa shape index (κ2) is 2.84. The van der Waals surface area contributed by atoms with Crippen molar-refractivity contribution >= 4 is 0 Å². The second-order valence-electron chi connectivity index (χ2n) is 3.25. The molecule has 0 saturated heterocycles. The van der Waals surface area contributed by atoms with E-state index in [4.69, 9.17) is 5.26 Å². The number of hydrogen-bond acceptors (Lipinski definition) is 2. The summed E-state index contributed by atoms with van der Waals surface area (Å²) in [6, 6.07) is 2.06. The second-order valence-corrected chi connectivity index (χ2v) is 3.25. The molecule has 0 aliphatic carbocycles. The largest absolute Gasteiger partial charge is 0.297 e. The fourth-order valence-corrected chi connectivity index (χ4v) is 0.682. The normalized spacial score (nSPS) is 14.6. The van der Waals surface area contributed by atoms with Gasteiger partial charge in [0.2, 0.25) is 0 Å². The van der Waals surface area contributed by atoms with E-state index in [-0.39, 0.29) is 11.6 Å². The van der Waals surface area contributed by atoms with Gasteiger partial charge in [-0.15, -0.1) is 0 Å². The fraction of sp³-hybridized carbons (Fsp3) is 0.857. The van der Waals surface area contributed by atoms with Gasteiger partial charge in [-0.25, -0.2) is 0 Å². The van der Waals surface area contributed by atoms with Gasteiger partial charge < -0.3 is 0 Å². The van der Waals surface area contributed by atoms with Crippen LogP contribution in [0.5, 0.6) is 0 Å². The van der Waals surface area contributed by atoms with Crippen LogP contribution in [0.4, 0.5) is 0 Å². The minimum atomic E-state index is -0.0509. The highest BCUT2D eigenvalue weighted by Crippen LogP contribution is 1.99. The highest BCUT2D eigenvalue weighted by Gasteiger charge is 2.11. The van der Waals surface area contributed by atoms with Crippen molar-refractivity contribution in [1.29, 1.82) is 5.26 Å². The molecule has 0 spiro atoms. The summed E-state index contributed by atoms with van der Waals surface area (Å²) in [5.74, 6) is 0. The van der Waals surface area contributed by atoms with Crippen molar-refractivity contribution in [3.8, 4) is 6.07 Å². The van der Waals surface area contributed by atoms with E-state index >= 15 is 0 Å². The Kier molecular flexibility index (Phi) is 2.66. The minimum Gasteiger partial charge on any atom is -0.297 e. The lowest BCUT2D eigenvalue weighted by Gasteiger charge is -2.21. The lowest BCUT2D eigenvalue weighted by Crippen LogP contribution is -2.41. The van der Waals surface area contributed by atoms with Crippen LogP contribution >= 0.6 is 0 Å². The molecule has 0 aromatic carbocycles. The molecule has 1 N–H and O–H groups in total. The molecule has 0 rings (SSSR count). The standard InChI is InChI=1S/C7H14N2/c1-6(5-8)9-7(2,3)4/h6,9H,1-4H3. The molecule has 0 aliphatic rings. The first-order valence-electron chi connectivity index (χ1n) is 3.13. The van der Waals surface area contributed by atoms with Gasteiger partial charge in [-0.05, 0) is 27.7 Å². The maximum Gasteiger partial charge on any atom is 0.0928 e. The smallest absolute Gasteiger partial charge is 0.0928 e. The van der Waals surface area contributed by atoms with Crippen LogP contribution in [0.25, 0.3) is 0 Å². The minimum absolute atomic E-state index is 0.0507. The Hall–Kier alpha value is -0.550. The van der Waals surface area contributed by atoms with Crippen LogP contribution in [0, 0.1) is 11.3 Å². The van der Waals surface area contributed by atoms with Crippen molar-refractivity contribution < 1.29 is 0 Å². The van der Waals surface area contributed by atoms with Gasteiger partial charge in [-0.1, -0.05) is 0 Å². The average Bonchev–Trinajstić information content (AvgIpc) is 1.62. The first kappa shape index (κ1) is 8.45. The number of rotatable bonds is 1. The van der Waals surface area contributed by atoms with Crippen LogP contribution in [-0.2, 0) is 0 Å². The number of nitrogens with zero attached hydrogens (tertiary/aromatic N) is 1. The maximum atomic E-state index is 8.39. The topological polar surface area (TPSA) is 35.8 Å². The molecule has 0 amide bonds. The summed E-state index contributed by atoms with van der Waals surface area (Å²) in [4.78, 5) is 0. The Bertz CT molecular complexity index is 116. The zero-order valence-corrected chi connectivity index (χ0v) is 6.52. The molecular formula is C7H14N2. The Morgan fingerprint density at radius 3 is 2.00 bits per heavy atom. The summed E-state index contributed by atoms with van der Waals surface area (Å²) < 4.78 is 0. The lowest BCUT2D eigenvalue weighted by molar-refractivity contribution is 0.407. The number of nitriles is 1. The lowest BCUT2D eigenvalue weighted by atomic mass is 10.1. The van der Waals surface area contributed by atoms with E-state index in [1.807, 2.05) is 27.7 Å². The van der Waals surface area contributed by atoms with Crippen LogP contribution in [0.15, 0.2) is 0 Å². The van der Waals surface area contributed by atoms with Gasteiger partial charge >= 0.3 is 0 Å². The summed E-state index contributed by atoms with van der Waals surface area (Å²) >= 11 is 0. The van der Waals surface area contributed by atoms with Gasteiger partial charge in [-0.3, -0.25) is 5.32 Å². The molecule has 1 atom stereocenters. The fourth-order valence-electron chi connectivity index (χ4n) is 0.682. The molecule has 0 radical (unpaired) electrons. The first-order valence-corrected chi connectivity index (χ1v) is 3.13. The van der Waals surface area contributed by atoms with E-state index in [2.05, 4.69) is 11.4 Å². The highest BCUT2D eigenvalue weighted by molar-refractivity contribution is 4.89. The predicted molar refractivity (Wildman–Crippen MR) is 38.0 cm³/mol. The Morgan fingerprint density at radius 1 is 1.44 bits per heavy atom. The molecule has 52 valence electrons. The predicted octanol–water partition coefficient (Wildman–Crippen LogP) is 1.29. The van der Waals surface area contributed by atoms with Crippen molar-refractivity contribution in [3.63, 3.8) is 0 Å². The van der Waals surface area contributed by atoms with Crippen LogP contribution in [0.1, 0.15) is 27.7 Å². The van der Waals surface area contributed by atoms with Crippen LogP contribution in [0.2, 0.25) is 0 Å². The van der Waals surface area contributed by atoms with Gasteiger partial charge in [0.1, 0.15) is 0 Å². The van der Waals surface area contributed by atoms with Crippen molar-refractivity contribution in [2.24, 2.45) is 0 Å². The zero-order valence-electron chi connectivity index (χ0n) is 6.52. The monoisotopic (exact) mass is 126 g/mol. The first-order chi connectivity index (χ1) is 3.95. The summed E-state index contributed by atoms with van der Waals surface area (Å²) in [5, 5.41) is 11.5. The van der Waals surface area contributed by atoms with E-state index in [1.54, 1.807) is 0 Å². The van der Waals surface area contributed by atoms with E-state index in [9.17, 15) is 0 Å². The molecule has 0 saturated carbocycles. The van der Waals surface area contributed by atoms with Gasteiger partial charge in [0.15, 0.2) is 0 Å². The number of nitrogens with one attached hydrogen (secondary N) is 1. The molecule has 0 aliphatic heterocycles. The summed E-state index contributed by atoms with van der Waals surface area (Å²) in [6.45, 7) is 7.98. The molecule has 2 nitrogen and oxygen atoms in total. The van der Waals surface area contributed by atoms with Gasteiger partial charge in [0.05, 0.1) is 12.1 Å². The van der Waals surface area contributed by atoms with Crippen LogP contribution in [-0.4, -0.2) is 11.6 Å². The molecule has 0 heterocycles. The zero-order chi connectivity index (χ0) is 7.49. The van der Waals surface area contributed by atoms with E-state index in [0.29, 0.717) is 0 Å². The van der Waals surface area contributed by atoms with Crippen molar-refractivity contribution in [3.05, 3.63) is 0 Å². The van der Waals surface area contributed by atoms with E-state index in [0.717, 1.165) is 0 Å². The third kappa shape index (κ3) is 5.32. The van der Waals surface area contributed by atoms with Crippen LogP contribution < -0.4 is 5.32 Å². The van der Waals surface area contributed by atoms with Crippen LogP contribution in [0.3, 0.4) is 0 Å². The van der Waals surface area contributed by atoms with Crippen molar-refractivity contribution in [2.75, 3.05) is 0 Å². The number of hydrogen-bond donors (Lipinski definition) is 1. The molecule has 0 aromatic heterocycles. The summed E-state index contributed by atoms with van der Waals surface area (Å²) in [7, 11) is 0. The molecular weight excluding hydrogens is 112 g/mol. The van der Waals surface area contributed by atoms with Crippen molar-refractivity contribution in [1.82, 2.24) is 5.32 Å². The Morgan fingerprint density at radius 2 is 1.89 bits per heavy atom. The molecule has 2 heteroatoms. The summed E-state index contributed by atoms with van der Waals surface area (Å²) in [5.41, 5.74) is 0.0507. The maximum absolute atomic E-state index is 8.39. The highest BCUT2D eigenvalue weighted by atomic mass is 15.0. The van der Waals surface area contributed by atoms with Gasteiger partial charge in [0.25, 0.3) is 0 Å². The third-order valence-electron chi connectivity index (χ3n) is 0.843.